The van der Waals surface area contributed by atoms with Crippen LogP contribution in [0.5, 0.6) is 5.75 Å². The highest BCUT2D eigenvalue weighted by Gasteiger charge is 2.09. The molecule has 1 amide bonds. The van der Waals surface area contributed by atoms with Crippen molar-refractivity contribution in [2.24, 2.45) is 0 Å². The Morgan fingerprint density at radius 2 is 1.89 bits per heavy atom. The zero-order valence-electron chi connectivity index (χ0n) is 15.6. The largest absolute Gasteiger partial charge is 0.496 e. The Bertz CT molecular complexity index is 887. The Morgan fingerprint density at radius 3 is 2.71 bits per heavy atom. The van der Waals surface area contributed by atoms with Gasteiger partial charge in [0.15, 0.2) is 4.34 Å². The quantitative estimate of drug-likeness (QED) is 0.494. The van der Waals surface area contributed by atoms with Crippen molar-refractivity contribution in [3.05, 3.63) is 65.7 Å². The predicted molar refractivity (Wildman–Crippen MR) is 114 cm³/mol. The number of amides is 1. The number of thioether (sulfide) groups is 1. The molecule has 0 atom stereocenters. The Hall–Kier alpha value is -2.58. The molecule has 1 aromatic heterocycles. The zero-order chi connectivity index (χ0) is 19.6. The van der Waals surface area contributed by atoms with Crippen molar-refractivity contribution in [1.82, 2.24) is 15.5 Å². The molecule has 146 valence electrons. The number of hydrogen-bond donors (Lipinski definition) is 2. The summed E-state index contributed by atoms with van der Waals surface area (Å²) in [5, 5.41) is 15.2. The van der Waals surface area contributed by atoms with Crippen LogP contribution in [0.25, 0.3) is 0 Å². The highest BCUT2D eigenvalue weighted by Crippen LogP contribution is 2.25. The average molecular weight is 415 g/mol. The third-order valence-electron chi connectivity index (χ3n) is 3.93. The molecular weight excluding hydrogens is 392 g/mol. The van der Waals surface area contributed by atoms with Gasteiger partial charge in [0.2, 0.25) is 11.0 Å². The van der Waals surface area contributed by atoms with Crippen LogP contribution in [0.1, 0.15) is 11.1 Å². The van der Waals surface area contributed by atoms with Crippen molar-refractivity contribution in [2.75, 3.05) is 24.7 Å². The molecule has 3 aromatic rings. The second-order valence-electron chi connectivity index (χ2n) is 5.91. The molecule has 6 nitrogen and oxygen atoms in total. The number of aromatic nitrogens is 2. The Labute approximate surface area is 172 Å². The van der Waals surface area contributed by atoms with Crippen molar-refractivity contribution >= 4 is 34.1 Å². The number of nitrogens with one attached hydrogen (secondary N) is 2. The molecule has 8 heteroatoms. The second-order valence-corrected chi connectivity index (χ2v) is 8.11. The molecule has 0 saturated heterocycles. The zero-order valence-corrected chi connectivity index (χ0v) is 17.2. The first-order valence-corrected chi connectivity index (χ1v) is 10.7. The molecule has 3 rings (SSSR count). The van der Waals surface area contributed by atoms with E-state index >= 15 is 0 Å². The molecule has 2 aromatic carbocycles. The smallest absolute Gasteiger partial charge is 0.230 e. The van der Waals surface area contributed by atoms with E-state index in [2.05, 4.69) is 33.0 Å². The predicted octanol–water partition coefficient (Wildman–Crippen LogP) is 3.61. The standard InChI is InChI=1S/C20H22N4O2S2/c1-26-17-10-6-5-9-16(17)11-12-21-18(25)14-27-20-24-23-19(28-20)22-13-15-7-3-2-4-8-15/h2-10H,11-14H2,1H3,(H,21,25)(H,22,23). The highest BCUT2D eigenvalue weighted by atomic mass is 32.2. The van der Waals surface area contributed by atoms with E-state index in [-0.39, 0.29) is 5.91 Å². The summed E-state index contributed by atoms with van der Waals surface area (Å²) in [6, 6.07) is 17.9. The maximum Gasteiger partial charge on any atom is 0.230 e. The van der Waals surface area contributed by atoms with Gasteiger partial charge in [-0.15, -0.1) is 10.2 Å². The summed E-state index contributed by atoms with van der Waals surface area (Å²) in [6.07, 6.45) is 0.729. The molecule has 0 bridgehead atoms. The van der Waals surface area contributed by atoms with Crippen LogP contribution >= 0.6 is 23.1 Å². The first-order chi connectivity index (χ1) is 13.7. The summed E-state index contributed by atoms with van der Waals surface area (Å²) < 4.78 is 6.10. The fraction of sp³-hybridized carbons (Fsp3) is 0.250. The number of carbonyl (C=O) groups is 1. The van der Waals surface area contributed by atoms with Crippen molar-refractivity contribution in [1.29, 1.82) is 0 Å². The molecule has 28 heavy (non-hydrogen) atoms. The summed E-state index contributed by atoms with van der Waals surface area (Å²) in [5.41, 5.74) is 2.26. The molecule has 0 unspecified atom stereocenters. The van der Waals surface area contributed by atoms with E-state index in [1.54, 1.807) is 7.11 Å². The van der Waals surface area contributed by atoms with Crippen molar-refractivity contribution < 1.29 is 9.53 Å². The Morgan fingerprint density at radius 1 is 1.11 bits per heavy atom. The molecule has 0 aliphatic rings. The summed E-state index contributed by atoms with van der Waals surface area (Å²) in [6.45, 7) is 1.27. The third-order valence-corrected chi connectivity index (χ3v) is 5.94. The van der Waals surface area contributed by atoms with E-state index in [4.69, 9.17) is 4.74 Å². The second kappa shape index (κ2) is 10.7. The van der Waals surface area contributed by atoms with E-state index in [9.17, 15) is 4.79 Å². The lowest BCUT2D eigenvalue weighted by atomic mass is 10.1. The van der Waals surface area contributed by atoms with E-state index in [0.717, 1.165) is 27.2 Å². The van der Waals surface area contributed by atoms with Gasteiger partial charge < -0.3 is 15.4 Å². The molecule has 0 aliphatic heterocycles. The monoisotopic (exact) mass is 414 g/mol. The summed E-state index contributed by atoms with van der Waals surface area (Å²) in [4.78, 5) is 12.1. The number of hydrogen-bond acceptors (Lipinski definition) is 7. The maximum atomic E-state index is 12.1. The van der Waals surface area contributed by atoms with E-state index in [1.165, 1.54) is 28.7 Å². The van der Waals surface area contributed by atoms with E-state index < -0.39 is 0 Å². The molecule has 1 heterocycles. The van der Waals surface area contributed by atoms with Crippen molar-refractivity contribution in [3.63, 3.8) is 0 Å². The average Bonchev–Trinajstić information content (AvgIpc) is 3.20. The Balaban J connectivity index is 1.37. The number of anilines is 1. The fourth-order valence-corrected chi connectivity index (χ4v) is 4.11. The maximum absolute atomic E-state index is 12.1. The minimum Gasteiger partial charge on any atom is -0.496 e. The van der Waals surface area contributed by atoms with Gasteiger partial charge in [0.1, 0.15) is 5.75 Å². The molecule has 0 saturated carbocycles. The lowest BCUT2D eigenvalue weighted by molar-refractivity contribution is -0.118. The van der Waals surface area contributed by atoms with Gasteiger partial charge >= 0.3 is 0 Å². The highest BCUT2D eigenvalue weighted by molar-refractivity contribution is 8.01. The van der Waals surface area contributed by atoms with Gasteiger partial charge in [-0.2, -0.15) is 0 Å². The minimum absolute atomic E-state index is 0.0195. The van der Waals surface area contributed by atoms with Gasteiger partial charge in [-0.1, -0.05) is 71.6 Å². The normalized spacial score (nSPS) is 10.5. The van der Waals surface area contributed by atoms with Crippen LogP contribution in [0, 0.1) is 0 Å². The van der Waals surface area contributed by atoms with Gasteiger partial charge in [-0.05, 0) is 23.6 Å². The third kappa shape index (κ3) is 6.24. The van der Waals surface area contributed by atoms with Crippen LogP contribution in [-0.2, 0) is 17.8 Å². The summed E-state index contributed by atoms with van der Waals surface area (Å²) in [5.74, 6) is 1.14. The van der Waals surface area contributed by atoms with Crippen LogP contribution in [0.3, 0.4) is 0 Å². The molecule has 2 N–H and O–H groups in total. The van der Waals surface area contributed by atoms with Gasteiger partial charge in [0.05, 0.1) is 12.9 Å². The van der Waals surface area contributed by atoms with Crippen LogP contribution in [0.4, 0.5) is 5.13 Å². The van der Waals surface area contributed by atoms with Crippen LogP contribution in [0.2, 0.25) is 0 Å². The lowest BCUT2D eigenvalue weighted by Crippen LogP contribution is -2.27. The van der Waals surface area contributed by atoms with Gasteiger partial charge in [-0.3, -0.25) is 4.79 Å². The molecule has 0 fully saturated rings. The first-order valence-electron chi connectivity index (χ1n) is 8.87. The number of para-hydroxylation sites is 1. The Kier molecular flexibility index (Phi) is 7.69. The van der Waals surface area contributed by atoms with Crippen molar-refractivity contribution in [2.45, 2.75) is 17.3 Å². The molecule has 0 radical (unpaired) electrons. The lowest BCUT2D eigenvalue weighted by Gasteiger charge is -2.08. The number of carbonyl (C=O) groups excluding carboxylic acids is 1. The topological polar surface area (TPSA) is 76.1 Å². The van der Waals surface area contributed by atoms with Gasteiger partial charge in [0.25, 0.3) is 0 Å². The summed E-state index contributed by atoms with van der Waals surface area (Å²) >= 11 is 2.85. The van der Waals surface area contributed by atoms with Crippen molar-refractivity contribution in [3.8, 4) is 5.75 Å². The fourth-order valence-electron chi connectivity index (χ4n) is 2.54. The minimum atomic E-state index is -0.0195. The molecular formula is C20H22N4O2S2. The van der Waals surface area contributed by atoms with Gasteiger partial charge in [0, 0.05) is 13.1 Å². The molecule has 0 spiro atoms. The summed E-state index contributed by atoms with van der Waals surface area (Å²) in [7, 11) is 1.65. The number of ether oxygens (including phenoxy) is 1. The number of methoxy groups -OCH3 is 1. The van der Waals surface area contributed by atoms with Gasteiger partial charge in [-0.25, -0.2) is 0 Å². The number of nitrogens with zero attached hydrogens (tertiary/aromatic N) is 2. The van der Waals surface area contributed by atoms with Crippen LogP contribution in [-0.4, -0.2) is 35.5 Å². The SMILES string of the molecule is COc1ccccc1CCNC(=O)CSc1nnc(NCc2ccccc2)s1. The van der Waals surface area contributed by atoms with E-state index in [1.807, 2.05) is 42.5 Å². The first kappa shape index (κ1) is 20.2. The van der Waals surface area contributed by atoms with E-state index in [0.29, 0.717) is 18.8 Å². The number of rotatable bonds is 10. The molecule has 0 aliphatic carbocycles. The van der Waals surface area contributed by atoms with Crippen LogP contribution in [0.15, 0.2) is 58.9 Å². The number of benzene rings is 2. The van der Waals surface area contributed by atoms with Crippen LogP contribution < -0.4 is 15.4 Å².